The molecule has 5 heteroatoms. The smallest absolute Gasteiger partial charge is 0.310 e. The van der Waals surface area contributed by atoms with Gasteiger partial charge < -0.3 is 14.7 Å². The Morgan fingerprint density at radius 3 is 2.86 bits per heavy atom. The van der Waals surface area contributed by atoms with E-state index in [1.807, 2.05) is 6.92 Å². The standard InChI is InChI=1S/C16H21NO4/c1-3-21-16(20)12-5-4-8-17(10-12)15(19)13-7-6-11(2)9-14(13)18/h6-7,9,12,18H,3-5,8,10H2,1-2H3/t12-/m1/s1. The van der Waals surface area contributed by atoms with Crippen LogP contribution in [0.2, 0.25) is 0 Å². The molecule has 1 atom stereocenters. The van der Waals surface area contributed by atoms with E-state index in [1.54, 1.807) is 30.0 Å². The third-order valence-electron chi connectivity index (χ3n) is 3.71. The quantitative estimate of drug-likeness (QED) is 0.866. The molecular weight excluding hydrogens is 270 g/mol. The number of aromatic hydroxyl groups is 1. The van der Waals surface area contributed by atoms with Crippen LogP contribution in [0, 0.1) is 12.8 Å². The minimum absolute atomic E-state index is 0.0155. The van der Waals surface area contributed by atoms with Crippen molar-refractivity contribution in [3.05, 3.63) is 29.3 Å². The van der Waals surface area contributed by atoms with E-state index in [0.29, 0.717) is 19.7 Å². The fourth-order valence-corrected chi connectivity index (χ4v) is 2.61. The molecule has 21 heavy (non-hydrogen) atoms. The monoisotopic (exact) mass is 291 g/mol. The van der Waals surface area contributed by atoms with Crippen molar-refractivity contribution in [3.63, 3.8) is 0 Å². The minimum atomic E-state index is -0.268. The molecule has 1 fully saturated rings. The highest BCUT2D eigenvalue weighted by atomic mass is 16.5. The number of rotatable bonds is 3. The first-order valence-corrected chi connectivity index (χ1v) is 7.28. The first-order chi connectivity index (χ1) is 10.0. The number of amides is 1. The molecule has 1 saturated heterocycles. The Morgan fingerprint density at radius 1 is 1.43 bits per heavy atom. The summed E-state index contributed by atoms with van der Waals surface area (Å²) in [6.45, 7) is 4.93. The van der Waals surface area contributed by atoms with Gasteiger partial charge in [0.1, 0.15) is 5.75 Å². The Morgan fingerprint density at radius 2 is 2.19 bits per heavy atom. The summed E-state index contributed by atoms with van der Waals surface area (Å²) in [6, 6.07) is 4.99. The molecule has 0 unspecified atom stereocenters. The molecule has 1 aromatic rings. The van der Waals surface area contributed by atoms with E-state index in [1.165, 1.54) is 0 Å². The second-order valence-electron chi connectivity index (χ2n) is 5.36. The highest BCUT2D eigenvalue weighted by Crippen LogP contribution is 2.24. The Labute approximate surface area is 124 Å². The van der Waals surface area contributed by atoms with Crippen LogP contribution in [-0.2, 0) is 9.53 Å². The Balaban J connectivity index is 2.10. The van der Waals surface area contributed by atoms with Gasteiger partial charge in [-0.25, -0.2) is 0 Å². The van der Waals surface area contributed by atoms with Crippen molar-refractivity contribution in [1.82, 2.24) is 4.90 Å². The van der Waals surface area contributed by atoms with Gasteiger partial charge in [-0.05, 0) is 44.4 Å². The Kier molecular flexibility index (Phi) is 4.83. The van der Waals surface area contributed by atoms with Crippen LogP contribution in [-0.4, -0.2) is 41.6 Å². The summed E-state index contributed by atoms with van der Waals surface area (Å²) in [5.74, 6) is -0.766. The number of ether oxygens (including phenoxy) is 1. The average molecular weight is 291 g/mol. The maximum atomic E-state index is 12.5. The number of hydrogen-bond acceptors (Lipinski definition) is 4. The summed E-state index contributed by atoms with van der Waals surface area (Å²) >= 11 is 0. The van der Waals surface area contributed by atoms with E-state index in [2.05, 4.69) is 0 Å². The van der Waals surface area contributed by atoms with Gasteiger partial charge in [0.05, 0.1) is 18.1 Å². The van der Waals surface area contributed by atoms with Gasteiger partial charge >= 0.3 is 5.97 Å². The molecule has 1 heterocycles. The van der Waals surface area contributed by atoms with Crippen molar-refractivity contribution in [2.45, 2.75) is 26.7 Å². The molecule has 0 bridgehead atoms. The number of aryl methyl sites for hydroxylation is 1. The van der Waals surface area contributed by atoms with Crippen molar-refractivity contribution in [3.8, 4) is 5.75 Å². The largest absolute Gasteiger partial charge is 0.507 e. The first-order valence-electron chi connectivity index (χ1n) is 7.28. The fraction of sp³-hybridized carbons (Fsp3) is 0.500. The van der Waals surface area contributed by atoms with Crippen molar-refractivity contribution < 1.29 is 19.4 Å². The molecule has 2 rings (SSSR count). The van der Waals surface area contributed by atoms with Crippen LogP contribution in [0.15, 0.2) is 18.2 Å². The number of phenols is 1. The predicted molar refractivity (Wildman–Crippen MR) is 78.1 cm³/mol. The molecule has 114 valence electrons. The molecule has 1 amide bonds. The molecule has 0 radical (unpaired) electrons. The molecule has 0 spiro atoms. The second kappa shape index (κ2) is 6.61. The molecule has 0 saturated carbocycles. The molecule has 1 aliphatic heterocycles. The zero-order valence-corrected chi connectivity index (χ0v) is 12.5. The number of esters is 1. The number of carbonyl (C=O) groups is 2. The molecular formula is C16H21NO4. The average Bonchev–Trinajstić information content (AvgIpc) is 2.47. The van der Waals surface area contributed by atoms with E-state index in [-0.39, 0.29) is 29.1 Å². The summed E-state index contributed by atoms with van der Waals surface area (Å²) in [6.07, 6.45) is 1.50. The van der Waals surface area contributed by atoms with E-state index in [4.69, 9.17) is 4.74 Å². The van der Waals surface area contributed by atoms with Gasteiger partial charge in [-0.1, -0.05) is 6.07 Å². The number of hydrogen-bond donors (Lipinski definition) is 1. The van der Waals surface area contributed by atoms with Crippen LogP contribution >= 0.6 is 0 Å². The summed E-state index contributed by atoms with van der Waals surface area (Å²) in [4.78, 5) is 25.9. The third-order valence-corrected chi connectivity index (χ3v) is 3.71. The summed E-state index contributed by atoms with van der Waals surface area (Å²) in [5.41, 5.74) is 1.18. The number of nitrogens with zero attached hydrogens (tertiary/aromatic N) is 1. The summed E-state index contributed by atoms with van der Waals surface area (Å²) < 4.78 is 5.03. The van der Waals surface area contributed by atoms with Crippen molar-refractivity contribution >= 4 is 11.9 Å². The van der Waals surface area contributed by atoms with Gasteiger partial charge in [-0.3, -0.25) is 9.59 Å². The lowest BCUT2D eigenvalue weighted by Crippen LogP contribution is -2.42. The van der Waals surface area contributed by atoms with Crippen molar-refractivity contribution in [1.29, 1.82) is 0 Å². The maximum absolute atomic E-state index is 12.5. The number of phenolic OH excluding ortho intramolecular Hbond substituents is 1. The van der Waals surface area contributed by atoms with Crippen molar-refractivity contribution in [2.75, 3.05) is 19.7 Å². The van der Waals surface area contributed by atoms with Gasteiger partial charge in [-0.15, -0.1) is 0 Å². The topological polar surface area (TPSA) is 66.8 Å². The maximum Gasteiger partial charge on any atom is 0.310 e. The fourth-order valence-electron chi connectivity index (χ4n) is 2.61. The molecule has 1 aliphatic rings. The lowest BCUT2D eigenvalue weighted by Gasteiger charge is -2.31. The number of piperidine rings is 1. The lowest BCUT2D eigenvalue weighted by molar-refractivity contribution is -0.149. The van der Waals surface area contributed by atoms with Crippen LogP contribution in [0.25, 0.3) is 0 Å². The van der Waals surface area contributed by atoms with Crippen LogP contribution in [0.5, 0.6) is 5.75 Å². The van der Waals surface area contributed by atoms with E-state index >= 15 is 0 Å². The second-order valence-corrected chi connectivity index (χ2v) is 5.36. The van der Waals surface area contributed by atoms with Gasteiger partial charge in [0, 0.05) is 13.1 Å². The zero-order valence-electron chi connectivity index (χ0n) is 12.5. The number of carbonyl (C=O) groups excluding carboxylic acids is 2. The van der Waals surface area contributed by atoms with E-state index in [9.17, 15) is 14.7 Å². The molecule has 5 nitrogen and oxygen atoms in total. The van der Waals surface area contributed by atoms with Gasteiger partial charge in [0.15, 0.2) is 0 Å². The highest BCUT2D eigenvalue weighted by molar-refractivity contribution is 5.97. The summed E-state index contributed by atoms with van der Waals surface area (Å²) in [5, 5.41) is 9.91. The SMILES string of the molecule is CCOC(=O)[C@@H]1CCCN(C(=O)c2ccc(C)cc2O)C1. The third kappa shape index (κ3) is 3.54. The van der Waals surface area contributed by atoms with Crippen LogP contribution < -0.4 is 0 Å². The lowest BCUT2D eigenvalue weighted by atomic mass is 9.97. The zero-order chi connectivity index (χ0) is 15.4. The summed E-state index contributed by atoms with van der Waals surface area (Å²) in [7, 11) is 0. The predicted octanol–water partition coefficient (Wildman–Crippen LogP) is 2.12. The molecule has 1 aromatic carbocycles. The Hall–Kier alpha value is -2.04. The van der Waals surface area contributed by atoms with Crippen LogP contribution in [0.1, 0.15) is 35.7 Å². The van der Waals surface area contributed by atoms with E-state index in [0.717, 1.165) is 18.4 Å². The van der Waals surface area contributed by atoms with Gasteiger partial charge in [0.2, 0.25) is 0 Å². The highest BCUT2D eigenvalue weighted by Gasteiger charge is 2.30. The molecule has 0 aromatic heterocycles. The minimum Gasteiger partial charge on any atom is -0.507 e. The van der Waals surface area contributed by atoms with Crippen LogP contribution in [0.4, 0.5) is 0 Å². The van der Waals surface area contributed by atoms with Crippen molar-refractivity contribution in [2.24, 2.45) is 5.92 Å². The van der Waals surface area contributed by atoms with Crippen LogP contribution in [0.3, 0.4) is 0 Å². The van der Waals surface area contributed by atoms with E-state index < -0.39 is 0 Å². The molecule has 1 N–H and O–H groups in total. The normalized spacial score (nSPS) is 18.4. The number of likely N-dealkylation sites (tertiary alicyclic amines) is 1. The molecule has 0 aliphatic carbocycles. The number of benzene rings is 1. The Bertz CT molecular complexity index is 541. The van der Waals surface area contributed by atoms with Gasteiger partial charge in [-0.2, -0.15) is 0 Å². The first kappa shape index (κ1) is 15.4. The van der Waals surface area contributed by atoms with Gasteiger partial charge in [0.25, 0.3) is 5.91 Å².